The lowest BCUT2D eigenvalue weighted by molar-refractivity contribution is -0.127. The number of amides is 1. The third-order valence-electron chi connectivity index (χ3n) is 5.48. The summed E-state index contributed by atoms with van der Waals surface area (Å²) in [7, 11) is 0. The van der Waals surface area contributed by atoms with E-state index < -0.39 is 0 Å². The largest absolute Gasteiger partial charge is 0.487 e. The second-order valence-electron chi connectivity index (χ2n) is 7.32. The number of nitrogens with one attached hydrogen (secondary N) is 3. The standard InChI is InChI=1S/C21H26N4O2/c26-21(19-9-4-6-16-13-24-25-20(16)19)23-12-15-5-3-8-18(11-15)27-14-17-7-1-2-10-22-17/h1-3,5,7-8,10-11,16,19-20,24-25H,4,6,9,12-14H2,(H,23,26). The molecule has 2 heterocycles. The van der Waals surface area contributed by atoms with E-state index in [1.54, 1.807) is 6.20 Å². The fourth-order valence-corrected chi connectivity index (χ4v) is 4.04. The van der Waals surface area contributed by atoms with Crippen LogP contribution in [-0.4, -0.2) is 23.5 Å². The SMILES string of the molecule is O=C(NCc1cccc(OCc2ccccn2)c1)C1CCCC2CNNC21. The molecule has 142 valence electrons. The van der Waals surface area contributed by atoms with Crippen LogP contribution in [0.5, 0.6) is 5.75 Å². The Kier molecular flexibility index (Phi) is 5.65. The summed E-state index contributed by atoms with van der Waals surface area (Å²) in [5, 5.41) is 3.11. The molecule has 1 saturated carbocycles. The van der Waals surface area contributed by atoms with Crippen molar-refractivity contribution >= 4 is 5.91 Å². The number of hydrazine groups is 1. The van der Waals surface area contributed by atoms with Crippen LogP contribution in [0.25, 0.3) is 0 Å². The molecule has 2 fully saturated rings. The zero-order chi connectivity index (χ0) is 18.5. The number of hydrogen-bond acceptors (Lipinski definition) is 5. The molecule has 0 radical (unpaired) electrons. The van der Waals surface area contributed by atoms with E-state index in [1.165, 1.54) is 6.42 Å². The first-order valence-corrected chi connectivity index (χ1v) is 9.67. The molecule has 2 aliphatic rings. The maximum atomic E-state index is 12.7. The van der Waals surface area contributed by atoms with Gasteiger partial charge >= 0.3 is 0 Å². The average Bonchev–Trinajstić information content (AvgIpc) is 3.20. The molecule has 1 aliphatic heterocycles. The zero-order valence-corrected chi connectivity index (χ0v) is 15.4. The minimum atomic E-state index is 0.0438. The maximum Gasteiger partial charge on any atom is 0.225 e. The summed E-state index contributed by atoms with van der Waals surface area (Å²) in [5.74, 6) is 1.53. The molecule has 3 unspecified atom stereocenters. The van der Waals surface area contributed by atoms with E-state index in [2.05, 4.69) is 21.2 Å². The van der Waals surface area contributed by atoms with Gasteiger partial charge in [0.25, 0.3) is 0 Å². The normalized spacial score (nSPS) is 24.2. The van der Waals surface area contributed by atoms with Crippen LogP contribution in [0, 0.1) is 11.8 Å². The Bertz CT molecular complexity index is 768. The molecule has 1 aliphatic carbocycles. The first-order valence-electron chi connectivity index (χ1n) is 9.67. The van der Waals surface area contributed by atoms with E-state index in [9.17, 15) is 4.79 Å². The van der Waals surface area contributed by atoms with Crippen molar-refractivity contribution in [3.63, 3.8) is 0 Å². The van der Waals surface area contributed by atoms with Gasteiger partial charge in [0.2, 0.25) is 5.91 Å². The van der Waals surface area contributed by atoms with Gasteiger partial charge < -0.3 is 10.1 Å². The molecule has 4 rings (SSSR count). The number of pyridine rings is 1. The molecule has 1 saturated heterocycles. The van der Waals surface area contributed by atoms with Gasteiger partial charge in [0.1, 0.15) is 12.4 Å². The topological polar surface area (TPSA) is 75.3 Å². The number of fused-ring (bicyclic) bond motifs is 1. The highest BCUT2D eigenvalue weighted by Crippen LogP contribution is 2.31. The van der Waals surface area contributed by atoms with Gasteiger partial charge in [0.05, 0.1) is 11.6 Å². The second kappa shape index (κ2) is 8.50. The molecule has 3 atom stereocenters. The zero-order valence-electron chi connectivity index (χ0n) is 15.4. The van der Waals surface area contributed by atoms with Crippen LogP contribution in [0.15, 0.2) is 48.7 Å². The van der Waals surface area contributed by atoms with Crippen LogP contribution < -0.4 is 20.9 Å². The van der Waals surface area contributed by atoms with Crippen molar-refractivity contribution in [3.8, 4) is 5.75 Å². The van der Waals surface area contributed by atoms with Gasteiger partial charge in [-0.3, -0.25) is 20.6 Å². The number of carbonyl (C=O) groups is 1. The molecule has 0 bridgehead atoms. The first kappa shape index (κ1) is 17.9. The molecule has 27 heavy (non-hydrogen) atoms. The van der Waals surface area contributed by atoms with Gasteiger partial charge in [-0.1, -0.05) is 24.6 Å². The lowest BCUT2D eigenvalue weighted by Gasteiger charge is -2.31. The summed E-state index contributed by atoms with van der Waals surface area (Å²) in [6, 6.07) is 13.9. The molecular weight excluding hydrogens is 340 g/mol. The molecule has 6 nitrogen and oxygen atoms in total. The lowest BCUT2D eigenvalue weighted by atomic mass is 9.77. The van der Waals surface area contributed by atoms with Crippen molar-refractivity contribution in [2.45, 2.75) is 38.5 Å². The van der Waals surface area contributed by atoms with Crippen molar-refractivity contribution in [2.24, 2.45) is 11.8 Å². The Hall–Kier alpha value is -2.44. The lowest BCUT2D eigenvalue weighted by Crippen LogP contribution is -2.47. The van der Waals surface area contributed by atoms with Gasteiger partial charge in [0.15, 0.2) is 0 Å². The number of nitrogens with zero attached hydrogens (tertiary/aromatic N) is 1. The van der Waals surface area contributed by atoms with Gasteiger partial charge in [-0.2, -0.15) is 0 Å². The Morgan fingerprint density at radius 1 is 1.22 bits per heavy atom. The van der Waals surface area contributed by atoms with Crippen molar-refractivity contribution in [2.75, 3.05) is 6.54 Å². The molecule has 3 N–H and O–H groups in total. The van der Waals surface area contributed by atoms with Crippen LogP contribution >= 0.6 is 0 Å². The maximum absolute atomic E-state index is 12.7. The van der Waals surface area contributed by atoms with Gasteiger partial charge in [-0.15, -0.1) is 0 Å². The average molecular weight is 366 g/mol. The van der Waals surface area contributed by atoms with Crippen LogP contribution in [-0.2, 0) is 17.9 Å². The summed E-state index contributed by atoms with van der Waals surface area (Å²) < 4.78 is 5.82. The number of rotatable bonds is 6. The van der Waals surface area contributed by atoms with E-state index in [0.29, 0.717) is 19.1 Å². The van der Waals surface area contributed by atoms with Crippen LogP contribution in [0.4, 0.5) is 0 Å². The van der Waals surface area contributed by atoms with E-state index in [1.807, 2.05) is 42.5 Å². The van der Waals surface area contributed by atoms with E-state index in [4.69, 9.17) is 4.74 Å². The van der Waals surface area contributed by atoms with Gasteiger partial charge in [-0.25, -0.2) is 0 Å². The molecule has 2 aromatic rings. The molecule has 6 heteroatoms. The Morgan fingerprint density at radius 2 is 2.19 bits per heavy atom. The first-order chi connectivity index (χ1) is 13.3. The highest BCUT2D eigenvalue weighted by molar-refractivity contribution is 5.79. The predicted molar refractivity (Wildman–Crippen MR) is 103 cm³/mol. The third kappa shape index (κ3) is 4.46. The van der Waals surface area contributed by atoms with Crippen molar-refractivity contribution in [3.05, 3.63) is 59.9 Å². The van der Waals surface area contributed by atoms with Crippen LogP contribution in [0.2, 0.25) is 0 Å². The molecule has 1 aromatic carbocycles. The van der Waals surface area contributed by atoms with E-state index in [0.717, 1.165) is 36.4 Å². The van der Waals surface area contributed by atoms with Gasteiger partial charge in [-0.05, 0) is 48.6 Å². The molecular formula is C21H26N4O2. The minimum Gasteiger partial charge on any atom is -0.487 e. The molecule has 1 aromatic heterocycles. The van der Waals surface area contributed by atoms with E-state index in [-0.39, 0.29) is 17.9 Å². The van der Waals surface area contributed by atoms with Gasteiger partial charge in [0, 0.05) is 25.3 Å². The van der Waals surface area contributed by atoms with Crippen molar-refractivity contribution < 1.29 is 9.53 Å². The summed E-state index contributed by atoms with van der Waals surface area (Å²) in [5.41, 5.74) is 8.42. The fourth-order valence-electron chi connectivity index (χ4n) is 4.04. The Labute approximate surface area is 159 Å². The highest BCUT2D eigenvalue weighted by Gasteiger charge is 2.39. The Balaban J connectivity index is 1.31. The third-order valence-corrected chi connectivity index (χ3v) is 5.48. The van der Waals surface area contributed by atoms with Crippen molar-refractivity contribution in [1.29, 1.82) is 0 Å². The number of carbonyl (C=O) groups excluding carboxylic acids is 1. The minimum absolute atomic E-state index is 0.0438. The smallest absolute Gasteiger partial charge is 0.225 e. The summed E-state index contributed by atoms with van der Waals surface area (Å²) in [4.78, 5) is 17.0. The summed E-state index contributed by atoms with van der Waals surface area (Å²) in [6.07, 6.45) is 5.04. The predicted octanol–water partition coefficient (Wildman–Crippen LogP) is 2.17. The number of hydrogen-bond donors (Lipinski definition) is 3. The molecule has 0 spiro atoms. The Morgan fingerprint density at radius 3 is 3.07 bits per heavy atom. The summed E-state index contributed by atoms with van der Waals surface area (Å²) >= 11 is 0. The molecule has 1 amide bonds. The monoisotopic (exact) mass is 366 g/mol. The van der Waals surface area contributed by atoms with Crippen LogP contribution in [0.1, 0.15) is 30.5 Å². The number of aromatic nitrogens is 1. The summed E-state index contributed by atoms with van der Waals surface area (Å²) in [6.45, 7) is 1.91. The van der Waals surface area contributed by atoms with Crippen LogP contribution in [0.3, 0.4) is 0 Å². The van der Waals surface area contributed by atoms with E-state index >= 15 is 0 Å². The van der Waals surface area contributed by atoms with Crippen molar-refractivity contribution in [1.82, 2.24) is 21.2 Å². The number of benzene rings is 1. The number of ether oxygens (including phenoxy) is 1. The quantitative estimate of drug-likeness (QED) is 0.731. The second-order valence-corrected chi connectivity index (χ2v) is 7.32. The fraction of sp³-hybridized carbons (Fsp3) is 0.429. The highest BCUT2D eigenvalue weighted by atomic mass is 16.5.